The molecule has 0 bridgehead atoms. The highest BCUT2D eigenvalue weighted by molar-refractivity contribution is 5.80. The molecule has 0 atom stereocenters. The largest absolute Gasteiger partial charge is 0.381 e. The van der Waals surface area contributed by atoms with Gasteiger partial charge in [0.2, 0.25) is 5.91 Å². The zero-order valence-corrected chi connectivity index (χ0v) is 7.45. The van der Waals surface area contributed by atoms with Crippen LogP contribution in [0.3, 0.4) is 0 Å². The van der Waals surface area contributed by atoms with Gasteiger partial charge in [-0.15, -0.1) is 0 Å². The van der Waals surface area contributed by atoms with E-state index in [1.807, 2.05) is 4.90 Å². The van der Waals surface area contributed by atoms with E-state index in [0.717, 1.165) is 25.9 Å². The van der Waals surface area contributed by atoms with E-state index in [4.69, 9.17) is 4.74 Å². The topological polar surface area (TPSA) is 29.5 Å². The minimum absolute atomic E-state index is 0.273. The molecule has 1 amide bonds. The standard InChI is InChI=1S/C9H15NO2/c1-12-8-5-7(6-8)9(11)10-3-2-4-10/h7-8H,2-6H2,1H3. The maximum absolute atomic E-state index is 11.5. The molecule has 0 aromatic rings. The minimum atomic E-state index is 0.273. The average molecular weight is 169 g/mol. The molecule has 0 radical (unpaired) electrons. The zero-order chi connectivity index (χ0) is 8.55. The fourth-order valence-electron chi connectivity index (χ4n) is 1.75. The summed E-state index contributed by atoms with van der Waals surface area (Å²) in [6.07, 6.45) is 3.41. The maximum atomic E-state index is 11.5. The van der Waals surface area contributed by atoms with E-state index < -0.39 is 0 Å². The van der Waals surface area contributed by atoms with E-state index in [1.165, 1.54) is 6.42 Å². The molecule has 1 aliphatic heterocycles. The van der Waals surface area contributed by atoms with E-state index in [2.05, 4.69) is 0 Å². The fraction of sp³-hybridized carbons (Fsp3) is 0.889. The first-order valence-electron chi connectivity index (χ1n) is 4.63. The van der Waals surface area contributed by atoms with Gasteiger partial charge in [0, 0.05) is 26.1 Å². The van der Waals surface area contributed by atoms with Gasteiger partial charge < -0.3 is 9.64 Å². The number of carbonyl (C=O) groups excluding carboxylic acids is 1. The minimum Gasteiger partial charge on any atom is -0.381 e. The molecule has 0 unspecified atom stereocenters. The first-order chi connectivity index (χ1) is 5.81. The van der Waals surface area contributed by atoms with E-state index in [0.29, 0.717) is 12.0 Å². The predicted octanol–water partition coefficient (Wildman–Crippen LogP) is 0.644. The van der Waals surface area contributed by atoms with Gasteiger partial charge in [-0.2, -0.15) is 0 Å². The average Bonchev–Trinajstić information content (AvgIpc) is 1.80. The summed E-state index contributed by atoms with van der Waals surface area (Å²) in [5.41, 5.74) is 0. The Morgan fingerprint density at radius 1 is 1.42 bits per heavy atom. The lowest BCUT2D eigenvalue weighted by molar-refractivity contribution is -0.146. The monoisotopic (exact) mass is 169 g/mol. The van der Waals surface area contributed by atoms with Crippen molar-refractivity contribution < 1.29 is 9.53 Å². The van der Waals surface area contributed by atoms with Crippen molar-refractivity contribution in [3.63, 3.8) is 0 Å². The first-order valence-corrected chi connectivity index (χ1v) is 4.63. The number of ether oxygens (including phenoxy) is 1. The van der Waals surface area contributed by atoms with E-state index in [-0.39, 0.29) is 5.92 Å². The van der Waals surface area contributed by atoms with Gasteiger partial charge in [-0.05, 0) is 19.3 Å². The molecular formula is C9H15NO2. The summed E-state index contributed by atoms with van der Waals surface area (Å²) in [5, 5.41) is 0. The van der Waals surface area contributed by atoms with E-state index >= 15 is 0 Å². The van der Waals surface area contributed by atoms with Gasteiger partial charge in [-0.1, -0.05) is 0 Å². The molecule has 1 heterocycles. The maximum Gasteiger partial charge on any atom is 0.225 e. The first kappa shape index (κ1) is 8.05. The summed E-state index contributed by atoms with van der Waals surface area (Å²) >= 11 is 0. The van der Waals surface area contributed by atoms with Crippen LogP contribution >= 0.6 is 0 Å². The van der Waals surface area contributed by atoms with Crippen LogP contribution in [0.25, 0.3) is 0 Å². The predicted molar refractivity (Wildman–Crippen MR) is 44.7 cm³/mol. The molecule has 0 aromatic heterocycles. The van der Waals surface area contributed by atoms with Crippen molar-refractivity contribution in [3.8, 4) is 0 Å². The molecule has 1 saturated carbocycles. The van der Waals surface area contributed by atoms with Crippen molar-refractivity contribution in [1.29, 1.82) is 0 Å². The number of nitrogens with zero attached hydrogens (tertiary/aromatic N) is 1. The van der Waals surface area contributed by atoms with Crippen molar-refractivity contribution in [2.24, 2.45) is 5.92 Å². The fourth-order valence-corrected chi connectivity index (χ4v) is 1.75. The van der Waals surface area contributed by atoms with Crippen LogP contribution in [0.1, 0.15) is 19.3 Å². The Morgan fingerprint density at radius 2 is 2.08 bits per heavy atom. The summed E-state index contributed by atoms with van der Waals surface area (Å²) < 4.78 is 5.13. The summed E-state index contributed by atoms with van der Waals surface area (Å²) in [6, 6.07) is 0. The number of hydrogen-bond donors (Lipinski definition) is 0. The van der Waals surface area contributed by atoms with Crippen LogP contribution in [0.4, 0.5) is 0 Å². The lowest BCUT2D eigenvalue weighted by atomic mass is 9.81. The number of amides is 1. The third-order valence-corrected chi connectivity index (χ3v) is 2.95. The Labute approximate surface area is 72.7 Å². The van der Waals surface area contributed by atoms with Gasteiger partial charge in [0.05, 0.1) is 6.10 Å². The molecule has 12 heavy (non-hydrogen) atoms. The lowest BCUT2D eigenvalue weighted by Gasteiger charge is -2.40. The van der Waals surface area contributed by atoms with Gasteiger partial charge in [0.15, 0.2) is 0 Å². The highest BCUT2D eigenvalue weighted by Crippen LogP contribution is 2.32. The molecule has 0 aromatic carbocycles. The molecule has 2 aliphatic rings. The molecular weight excluding hydrogens is 154 g/mol. The van der Waals surface area contributed by atoms with Crippen molar-refractivity contribution in [3.05, 3.63) is 0 Å². The summed E-state index contributed by atoms with van der Waals surface area (Å²) in [5.74, 6) is 0.629. The quantitative estimate of drug-likeness (QED) is 0.607. The third kappa shape index (κ3) is 1.22. The number of hydrogen-bond acceptors (Lipinski definition) is 2. The Hall–Kier alpha value is -0.570. The van der Waals surface area contributed by atoms with Gasteiger partial charge in [-0.25, -0.2) is 0 Å². The Balaban J connectivity index is 1.76. The van der Waals surface area contributed by atoms with Gasteiger partial charge >= 0.3 is 0 Å². The Bertz CT molecular complexity index is 183. The second-order valence-corrected chi connectivity index (χ2v) is 3.70. The normalized spacial score (nSPS) is 33.9. The lowest BCUT2D eigenvalue weighted by Crippen LogP contribution is -2.49. The Kier molecular flexibility index (Phi) is 2.05. The molecule has 0 N–H and O–H groups in total. The van der Waals surface area contributed by atoms with Crippen LogP contribution in [0.5, 0.6) is 0 Å². The van der Waals surface area contributed by atoms with Crippen molar-refractivity contribution in [2.75, 3.05) is 20.2 Å². The molecule has 3 heteroatoms. The van der Waals surface area contributed by atoms with Crippen LogP contribution in [-0.2, 0) is 9.53 Å². The molecule has 0 spiro atoms. The van der Waals surface area contributed by atoms with E-state index in [1.54, 1.807) is 7.11 Å². The number of methoxy groups -OCH3 is 1. The highest BCUT2D eigenvalue weighted by Gasteiger charge is 2.38. The van der Waals surface area contributed by atoms with Crippen LogP contribution < -0.4 is 0 Å². The number of carbonyl (C=O) groups is 1. The summed E-state index contributed by atoms with van der Waals surface area (Å²) in [6.45, 7) is 1.96. The van der Waals surface area contributed by atoms with Crippen LogP contribution in [0.15, 0.2) is 0 Å². The van der Waals surface area contributed by atoms with Gasteiger partial charge in [-0.3, -0.25) is 4.79 Å². The molecule has 1 saturated heterocycles. The second kappa shape index (κ2) is 3.05. The summed E-state index contributed by atoms with van der Waals surface area (Å²) in [4.78, 5) is 13.5. The van der Waals surface area contributed by atoms with E-state index in [9.17, 15) is 4.79 Å². The molecule has 2 fully saturated rings. The smallest absolute Gasteiger partial charge is 0.225 e. The number of likely N-dealkylation sites (tertiary alicyclic amines) is 1. The van der Waals surface area contributed by atoms with Crippen molar-refractivity contribution in [1.82, 2.24) is 4.90 Å². The second-order valence-electron chi connectivity index (χ2n) is 3.70. The van der Waals surface area contributed by atoms with Crippen LogP contribution in [0.2, 0.25) is 0 Å². The molecule has 3 nitrogen and oxygen atoms in total. The zero-order valence-electron chi connectivity index (χ0n) is 7.45. The van der Waals surface area contributed by atoms with Crippen molar-refractivity contribution >= 4 is 5.91 Å². The molecule has 2 rings (SSSR count). The van der Waals surface area contributed by atoms with Crippen LogP contribution in [0, 0.1) is 5.92 Å². The molecule has 68 valence electrons. The highest BCUT2D eigenvalue weighted by atomic mass is 16.5. The van der Waals surface area contributed by atoms with Gasteiger partial charge in [0.25, 0.3) is 0 Å². The Morgan fingerprint density at radius 3 is 2.50 bits per heavy atom. The number of rotatable bonds is 2. The van der Waals surface area contributed by atoms with Gasteiger partial charge in [0.1, 0.15) is 0 Å². The van der Waals surface area contributed by atoms with Crippen molar-refractivity contribution in [2.45, 2.75) is 25.4 Å². The summed E-state index contributed by atoms with van der Waals surface area (Å²) in [7, 11) is 1.72. The third-order valence-electron chi connectivity index (χ3n) is 2.95. The van der Waals surface area contributed by atoms with Crippen LogP contribution in [-0.4, -0.2) is 37.1 Å². The SMILES string of the molecule is COC1CC(C(=O)N2CCC2)C1. The molecule has 1 aliphatic carbocycles.